The number of hydrogen-bond donors (Lipinski definition) is 2. The van der Waals surface area contributed by atoms with Crippen molar-refractivity contribution in [1.29, 1.82) is 0 Å². The van der Waals surface area contributed by atoms with Gasteiger partial charge < -0.3 is 5.73 Å². The number of anilines is 2. The highest BCUT2D eigenvalue weighted by Gasteiger charge is 2.15. The highest BCUT2D eigenvalue weighted by atomic mass is 32.2. The fraction of sp³-hybridized carbons (Fsp3) is 0. The molecule has 3 rings (SSSR count). The lowest BCUT2D eigenvalue weighted by atomic mass is 10.0. The lowest BCUT2D eigenvalue weighted by Gasteiger charge is -2.13. The molecule has 0 radical (unpaired) electrons. The van der Waals surface area contributed by atoms with Crippen LogP contribution in [-0.2, 0) is 10.0 Å². The van der Waals surface area contributed by atoms with Crippen LogP contribution in [0.1, 0.15) is 0 Å². The molecule has 0 saturated carbocycles. The summed E-state index contributed by atoms with van der Waals surface area (Å²) in [6, 6.07) is 22.9. The summed E-state index contributed by atoms with van der Waals surface area (Å²) in [5, 5.41) is 0. The molecule has 116 valence electrons. The molecule has 3 aromatic rings. The zero-order valence-corrected chi connectivity index (χ0v) is 13.1. The Hall–Kier alpha value is -2.79. The van der Waals surface area contributed by atoms with Gasteiger partial charge in [-0.05, 0) is 35.9 Å². The molecule has 5 heteroatoms. The van der Waals surface area contributed by atoms with Crippen LogP contribution < -0.4 is 10.5 Å². The SMILES string of the molecule is Nc1ccc(-c2ccccc2NS(=O)(=O)c2ccccc2)cc1. The number of nitrogens with one attached hydrogen (secondary N) is 1. The van der Waals surface area contributed by atoms with Crippen LogP contribution in [0.15, 0.2) is 83.8 Å². The first-order chi connectivity index (χ1) is 11.1. The first kappa shape index (κ1) is 15.1. The molecule has 0 aliphatic carbocycles. The normalized spacial score (nSPS) is 11.1. The minimum absolute atomic E-state index is 0.229. The van der Waals surface area contributed by atoms with E-state index >= 15 is 0 Å². The zero-order chi connectivity index (χ0) is 16.3. The third kappa shape index (κ3) is 3.35. The van der Waals surface area contributed by atoms with E-state index in [2.05, 4.69) is 4.72 Å². The topological polar surface area (TPSA) is 72.2 Å². The van der Waals surface area contributed by atoms with Crippen molar-refractivity contribution in [3.8, 4) is 11.1 Å². The van der Waals surface area contributed by atoms with Gasteiger partial charge in [-0.3, -0.25) is 4.72 Å². The number of hydrogen-bond acceptors (Lipinski definition) is 3. The van der Waals surface area contributed by atoms with Crippen LogP contribution in [-0.4, -0.2) is 8.42 Å². The van der Waals surface area contributed by atoms with E-state index in [1.165, 1.54) is 0 Å². The van der Waals surface area contributed by atoms with Crippen LogP contribution in [0.25, 0.3) is 11.1 Å². The standard InChI is InChI=1S/C18H16N2O2S/c19-15-12-10-14(11-13-15)17-8-4-5-9-18(17)20-23(21,22)16-6-2-1-3-7-16/h1-13,20H,19H2. The quantitative estimate of drug-likeness (QED) is 0.718. The lowest BCUT2D eigenvalue weighted by Crippen LogP contribution is -2.13. The van der Waals surface area contributed by atoms with Gasteiger partial charge >= 0.3 is 0 Å². The Morgan fingerprint density at radius 3 is 2.04 bits per heavy atom. The fourth-order valence-corrected chi connectivity index (χ4v) is 3.39. The summed E-state index contributed by atoms with van der Waals surface area (Å²) in [5.41, 5.74) is 8.59. The second kappa shape index (κ2) is 6.14. The van der Waals surface area contributed by atoms with E-state index in [0.717, 1.165) is 11.1 Å². The predicted octanol–water partition coefficient (Wildman–Crippen LogP) is 3.74. The first-order valence-electron chi connectivity index (χ1n) is 7.09. The fourth-order valence-electron chi connectivity index (χ4n) is 2.29. The van der Waals surface area contributed by atoms with Crippen LogP contribution in [0.2, 0.25) is 0 Å². The molecule has 0 spiro atoms. The second-order valence-electron chi connectivity index (χ2n) is 5.09. The molecule has 23 heavy (non-hydrogen) atoms. The number of rotatable bonds is 4. The lowest BCUT2D eigenvalue weighted by molar-refractivity contribution is 0.601. The number of nitrogen functional groups attached to an aromatic ring is 1. The number of sulfonamides is 1. The van der Waals surface area contributed by atoms with Crippen molar-refractivity contribution in [2.45, 2.75) is 4.90 Å². The number of benzene rings is 3. The average molecular weight is 324 g/mol. The molecule has 0 bridgehead atoms. The summed E-state index contributed by atoms with van der Waals surface area (Å²) >= 11 is 0. The Morgan fingerprint density at radius 1 is 0.739 bits per heavy atom. The van der Waals surface area contributed by atoms with E-state index in [1.807, 2.05) is 24.3 Å². The van der Waals surface area contributed by atoms with Gasteiger partial charge in [0.25, 0.3) is 10.0 Å². The van der Waals surface area contributed by atoms with Crippen molar-refractivity contribution >= 4 is 21.4 Å². The van der Waals surface area contributed by atoms with Gasteiger partial charge in [0.2, 0.25) is 0 Å². The molecule has 0 unspecified atom stereocenters. The van der Waals surface area contributed by atoms with E-state index in [4.69, 9.17) is 5.73 Å². The van der Waals surface area contributed by atoms with Crippen molar-refractivity contribution in [3.63, 3.8) is 0 Å². The molecule has 0 aliphatic rings. The third-order valence-corrected chi connectivity index (χ3v) is 4.83. The van der Waals surface area contributed by atoms with Crippen LogP contribution >= 0.6 is 0 Å². The molecule has 0 fully saturated rings. The van der Waals surface area contributed by atoms with E-state index in [0.29, 0.717) is 11.4 Å². The van der Waals surface area contributed by atoms with Gasteiger partial charge in [-0.1, -0.05) is 48.5 Å². The van der Waals surface area contributed by atoms with Crippen LogP contribution in [0, 0.1) is 0 Å². The van der Waals surface area contributed by atoms with E-state index < -0.39 is 10.0 Å². The first-order valence-corrected chi connectivity index (χ1v) is 8.57. The molecular formula is C18H16N2O2S. The smallest absolute Gasteiger partial charge is 0.261 e. The van der Waals surface area contributed by atoms with Crippen molar-refractivity contribution in [2.24, 2.45) is 0 Å². The Morgan fingerprint density at radius 2 is 1.35 bits per heavy atom. The maximum absolute atomic E-state index is 12.5. The molecular weight excluding hydrogens is 308 g/mol. The minimum Gasteiger partial charge on any atom is -0.399 e. The Bertz CT molecular complexity index is 905. The van der Waals surface area contributed by atoms with Crippen molar-refractivity contribution in [3.05, 3.63) is 78.9 Å². The molecule has 0 aromatic heterocycles. The summed E-state index contributed by atoms with van der Waals surface area (Å²) in [4.78, 5) is 0.229. The molecule has 3 N–H and O–H groups in total. The van der Waals surface area contributed by atoms with Gasteiger partial charge in [-0.2, -0.15) is 0 Å². The Kier molecular flexibility index (Phi) is 4.04. The molecule has 0 amide bonds. The zero-order valence-electron chi connectivity index (χ0n) is 12.3. The van der Waals surface area contributed by atoms with Gasteiger partial charge in [0.1, 0.15) is 0 Å². The maximum Gasteiger partial charge on any atom is 0.261 e. The second-order valence-corrected chi connectivity index (χ2v) is 6.77. The van der Waals surface area contributed by atoms with Gasteiger partial charge in [-0.15, -0.1) is 0 Å². The van der Waals surface area contributed by atoms with Crippen LogP contribution in [0.5, 0.6) is 0 Å². The summed E-state index contributed by atoms with van der Waals surface area (Å²) in [5.74, 6) is 0. The summed E-state index contributed by atoms with van der Waals surface area (Å²) < 4.78 is 27.7. The highest BCUT2D eigenvalue weighted by molar-refractivity contribution is 7.92. The number of para-hydroxylation sites is 1. The summed E-state index contributed by atoms with van der Waals surface area (Å²) in [6.45, 7) is 0. The van der Waals surface area contributed by atoms with E-state index in [1.54, 1.807) is 54.6 Å². The minimum atomic E-state index is -3.63. The maximum atomic E-state index is 12.5. The Balaban J connectivity index is 2.00. The third-order valence-electron chi connectivity index (χ3n) is 3.45. The molecule has 4 nitrogen and oxygen atoms in total. The monoisotopic (exact) mass is 324 g/mol. The van der Waals surface area contributed by atoms with E-state index in [-0.39, 0.29) is 4.90 Å². The number of nitrogens with two attached hydrogens (primary N) is 1. The summed E-state index contributed by atoms with van der Waals surface area (Å²) in [6.07, 6.45) is 0. The predicted molar refractivity (Wildman–Crippen MR) is 93.5 cm³/mol. The van der Waals surface area contributed by atoms with Crippen molar-refractivity contribution in [1.82, 2.24) is 0 Å². The molecule has 0 aliphatic heterocycles. The summed E-state index contributed by atoms with van der Waals surface area (Å²) in [7, 11) is -3.63. The van der Waals surface area contributed by atoms with Crippen molar-refractivity contribution in [2.75, 3.05) is 10.5 Å². The molecule has 3 aromatic carbocycles. The largest absolute Gasteiger partial charge is 0.399 e. The highest BCUT2D eigenvalue weighted by Crippen LogP contribution is 2.30. The van der Waals surface area contributed by atoms with Gasteiger partial charge in [0, 0.05) is 11.3 Å². The van der Waals surface area contributed by atoms with E-state index in [9.17, 15) is 8.42 Å². The van der Waals surface area contributed by atoms with Gasteiger partial charge in [0.05, 0.1) is 10.6 Å². The average Bonchev–Trinajstić information content (AvgIpc) is 2.57. The molecule has 0 saturated heterocycles. The van der Waals surface area contributed by atoms with Gasteiger partial charge in [0.15, 0.2) is 0 Å². The van der Waals surface area contributed by atoms with Crippen molar-refractivity contribution < 1.29 is 8.42 Å². The van der Waals surface area contributed by atoms with Crippen LogP contribution in [0.4, 0.5) is 11.4 Å². The Labute approximate surface area is 135 Å². The molecule has 0 atom stereocenters. The van der Waals surface area contributed by atoms with Crippen LogP contribution in [0.3, 0.4) is 0 Å². The molecule has 0 heterocycles. The van der Waals surface area contributed by atoms with Gasteiger partial charge in [-0.25, -0.2) is 8.42 Å².